The zero-order chi connectivity index (χ0) is 7.71. The summed E-state index contributed by atoms with van der Waals surface area (Å²) in [5.74, 6) is 0. The lowest BCUT2D eigenvalue weighted by Gasteiger charge is -1.91. The molecule has 0 amide bonds. The van der Waals surface area contributed by atoms with E-state index in [1.165, 1.54) is 0 Å². The molecular weight excluding hydrogens is 237 g/mol. The SMILES string of the molecule is CS(=O)(=O)CS(N)(=O)=O.Cl.Cl. The van der Waals surface area contributed by atoms with E-state index in [0.717, 1.165) is 6.26 Å². The van der Waals surface area contributed by atoms with Crippen molar-refractivity contribution in [1.82, 2.24) is 0 Å². The summed E-state index contributed by atoms with van der Waals surface area (Å²) in [5, 5.41) is 3.43. The Morgan fingerprint density at radius 1 is 1.09 bits per heavy atom. The van der Waals surface area contributed by atoms with Crippen molar-refractivity contribution in [2.75, 3.05) is 11.3 Å². The Hall–Kier alpha value is 0.440. The van der Waals surface area contributed by atoms with Gasteiger partial charge in [-0.2, -0.15) is 0 Å². The Bertz CT molecular complexity index is 249. The average molecular weight is 246 g/mol. The van der Waals surface area contributed by atoms with Gasteiger partial charge in [0, 0.05) is 6.26 Å². The molecule has 0 rings (SSSR count). The van der Waals surface area contributed by atoms with Crippen LogP contribution in [0.5, 0.6) is 0 Å². The molecule has 0 aliphatic heterocycles. The number of sulfonamides is 1. The summed E-state index contributed by atoms with van der Waals surface area (Å²) >= 11 is 0. The fraction of sp³-hybridized carbons (Fsp3) is 1.00. The third-order valence-corrected chi connectivity index (χ3v) is 3.41. The van der Waals surface area contributed by atoms with Gasteiger partial charge in [-0.1, -0.05) is 0 Å². The number of hydrogen-bond acceptors (Lipinski definition) is 4. The van der Waals surface area contributed by atoms with E-state index in [9.17, 15) is 16.8 Å². The number of halogens is 2. The second kappa shape index (κ2) is 5.15. The van der Waals surface area contributed by atoms with Crippen molar-refractivity contribution in [3.05, 3.63) is 0 Å². The maximum Gasteiger partial charge on any atom is 0.223 e. The molecule has 0 atom stereocenters. The monoisotopic (exact) mass is 245 g/mol. The van der Waals surface area contributed by atoms with Gasteiger partial charge in [0.05, 0.1) is 0 Å². The van der Waals surface area contributed by atoms with Crippen LogP contribution in [-0.4, -0.2) is 28.2 Å². The molecule has 0 aliphatic carbocycles. The molecular formula is C2H9Cl2NO4S2. The van der Waals surface area contributed by atoms with E-state index in [4.69, 9.17) is 0 Å². The topological polar surface area (TPSA) is 94.3 Å². The Balaban J connectivity index is -0.000000320. The molecule has 0 spiro atoms. The number of sulfone groups is 1. The van der Waals surface area contributed by atoms with Crippen LogP contribution >= 0.6 is 24.8 Å². The Kier molecular flexibility index (Phi) is 8.20. The average Bonchev–Trinajstić information content (AvgIpc) is 1.14. The van der Waals surface area contributed by atoms with Gasteiger partial charge in [-0.25, -0.2) is 22.0 Å². The fourth-order valence-corrected chi connectivity index (χ4v) is 2.69. The lowest BCUT2D eigenvalue weighted by atomic mass is 11.9. The van der Waals surface area contributed by atoms with Gasteiger partial charge in [0.15, 0.2) is 14.9 Å². The first-order valence-corrected chi connectivity index (χ1v) is 5.66. The summed E-state index contributed by atoms with van der Waals surface area (Å²) in [5.41, 5.74) is 0. The molecule has 0 bridgehead atoms. The third kappa shape index (κ3) is 17.9. The molecule has 72 valence electrons. The van der Waals surface area contributed by atoms with E-state index in [2.05, 4.69) is 5.14 Å². The number of rotatable bonds is 2. The van der Waals surface area contributed by atoms with Crippen LogP contribution in [0.15, 0.2) is 0 Å². The minimum Gasteiger partial charge on any atom is -0.228 e. The van der Waals surface area contributed by atoms with E-state index in [1.54, 1.807) is 0 Å². The van der Waals surface area contributed by atoms with Crippen LogP contribution in [0.3, 0.4) is 0 Å². The first-order chi connectivity index (χ1) is 3.71. The molecule has 0 aliphatic rings. The van der Waals surface area contributed by atoms with Gasteiger partial charge < -0.3 is 0 Å². The molecule has 2 N–H and O–H groups in total. The van der Waals surface area contributed by atoms with Gasteiger partial charge in [0.25, 0.3) is 0 Å². The van der Waals surface area contributed by atoms with Crippen LogP contribution < -0.4 is 5.14 Å². The normalized spacial score (nSPS) is 11.1. The molecule has 0 fully saturated rings. The van der Waals surface area contributed by atoms with E-state index >= 15 is 0 Å². The molecule has 0 aromatic carbocycles. The van der Waals surface area contributed by atoms with Crippen molar-refractivity contribution in [3.8, 4) is 0 Å². The highest BCUT2D eigenvalue weighted by Crippen LogP contribution is 1.85. The minimum absolute atomic E-state index is 0. The number of hydrogen-bond donors (Lipinski definition) is 1. The third-order valence-electron chi connectivity index (χ3n) is 0.378. The summed E-state index contributed by atoms with van der Waals surface area (Å²) in [7, 11) is -7.36. The minimum atomic E-state index is -3.87. The largest absolute Gasteiger partial charge is 0.228 e. The van der Waals surface area contributed by atoms with Crippen LogP contribution in [0.4, 0.5) is 0 Å². The Morgan fingerprint density at radius 2 is 1.36 bits per heavy atom. The number of nitrogens with two attached hydrogens (primary N) is 1. The van der Waals surface area contributed by atoms with E-state index in [-0.39, 0.29) is 24.8 Å². The van der Waals surface area contributed by atoms with Crippen molar-refractivity contribution in [3.63, 3.8) is 0 Å². The second-order valence-corrected chi connectivity index (χ2v) is 5.83. The number of primary sulfonamides is 1. The van der Waals surface area contributed by atoms with Crippen LogP contribution in [0, 0.1) is 0 Å². The molecule has 0 heterocycles. The summed E-state index contributed by atoms with van der Waals surface area (Å²) in [6, 6.07) is 0. The van der Waals surface area contributed by atoms with E-state index in [1.807, 2.05) is 0 Å². The Labute approximate surface area is 78.1 Å². The molecule has 9 heteroatoms. The molecule has 0 saturated heterocycles. The van der Waals surface area contributed by atoms with Crippen molar-refractivity contribution in [2.24, 2.45) is 5.14 Å². The Morgan fingerprint density at radius 3 is 1.36 bits per heavy atom. The first-order valence-electron chi connectivity index (χ1n) is 1.89. The van der Waals surface area contributed by atoms with Gasteiger partial charge in [0.1, 0.15) is 0 Å². The maximum atomic E-state index is 10.2. The van der Waals surface area contributed by atoms with E-state index < -0.39 is 24.9 Å². The summed E-state index contributed by atoms with van der Waals surface area (Å²) < 4.78 is 40.5. The van der Waals surface area contributed by atoms with Crippen molar-refractivity contribution in [2.45, 2.75) is 0 Å². The predicted molar refractivity (Wildman–Crippen MR) is 47.3 cm³/mol. The van der Waals surface area contributed by atoms with Crippen LogP contribution in [-0.2, 0) is 19.9 Å². The highest BCUT2D eigenvalue weighted by Gasteiger charge is 2.11. The second-order valence-electron chi connectivity index (χ2n) is 1.71. The molecule has 0 unspecified atom stereocenters. The standard InChI is InChI=1S/C2H7NO4S2.2ClH/c1-8(4,5)2-9(3,6)7;;/h2H2,1H3,(H2,3,6,7);2*1H. The first kappa shape index (κ1) is 17.5. The molecule has 5 nitrogen and oxygen atoms in total. The van der Waals surface area contributed by atoms with Crippen molar-refractivity contribution in [1.29, 1.82) is 0 Å². The molecule has 11 heavy (non-hydrogen) atoms. The molecule has 0 aromatic rings. The lowest BCUT2D eigenvalue weighted by Crippen LogP contribution is -2.22. The van der Waals surface area contributed by atoms with Crippen LogP contribution in [0.1, 0.15) is 0 Å². The molecule has 0 radical (unpaired) electrons. The van der Waals surface area contributed by atoms with Crippen molar-refractivity contribution >= 4 is 44.7 Å². The lowest BCUT2D eigenvalue weighted by molar-refractivity contribution is 0.593. The quantitative estimate of drug-likeness (QED) is 0.684. The van der Waals surface area contributed by atoms with Crippen LogP contribution in [0.25, 0.3) is 0 Å². The summed E-state index contributed by atoms with van der Waals surface area (Å²) in [6.45, 7) is 0. The van der Waals surface area contributed by atoms with Gasteiger partial charge in [-0.3, -0.25) is 0 Å². The van der Waals surface area contributed by atoms with Crippen LogP contribution in [0.2, 0.25) is 0 Å². The van der Waals surface area contributed by atoms with Gasteiger partial charge in [-0.15, -0.1) is 24.8 Å². The maximum absolute atomic E-state index is 10.2. The summed E-state index contributed by atoms with van der Waals surface area (Å²) in [6.07, 6.45) is 0.803. The summed E-state index contributed by atoms with van der Waals surface area (Å²) in [4.78, 5) is 0. The predicted octanol–water partition coefficient (Wildman–Crippen LogP) is -0.879. The highest BCUT2D eigenvalue weighted by atomic mass is 35.5. The van der Waals surface area contributed by atoms with Crippen molar-refractivity contribution < 1.29 is 16.8 Å². The smallest absolute Gasteiger partial charge is 0.223 e. The fourth-order valence-electron chi connectivity index (χ4n) is 0.298. The van der Waals surface area contributed by atoms with Gasteiger partial charge >= 0.3 is 0 Å². The molecule has 0 aromatic heterocycles. The van der Waals surface area contributed by atoms with Gasteiger partial charge in [0.2, 0.25) is 10.0 Å². The molecule has 0 saturated carbocycles. The zero-order valence-electron chi connectivity index (χ0n) is 5.55. The zero-order valence-corrected chi connectivity index (χ0v) is 8.82. The highest BCUT2D eigenvalue weighted by molar-refractivity contribution is 8.06. The van der Waals surface area contributed by atoms with Gasteiger partial charge in [-0.05, 0) is 0 Å². The van der Waals surface area contributed by atoms with E-state index in [0.29, 0.717) is 0 Å².